The number of thiazole rings is 1. The smallest absolute Gasteiger partial charge is 0.182 e. The minimum atomic E-state index is 0.775. The molecular formula is C8H13ClN2S. The molecule has 0 spiro atoms. The zero-order valence-electron chi connectivity index (χ0n) is 6.92. The van der Waals surface area contributed by atoms with Crippen LogP contribution in [-0.2, 0) is 0 Å². The molecule has 0 unspecified atom stereocenters. The van der Waals surface area contributed by atoms with E-state index in [0.717, 1.165) is 24.0 Å². The Morgan fingerprint density at radius 3 is 3.00 bits per heavy atom. The minimum Gasteiger partial charge on any atom is -0.362 e. The highest BCUT2D eigenvalue weighted by molar-refractivity contribution is 7.13. The molecule has 0 aliphatic heterocycles. The quantitative estimate of drug-likeness (QED) is 0.569. The van der Waals surface area contributed by atoms with Gasteiger partial charge >= 0.3 is 0 Å². The lowest BCUT2D eigenvalue weighted by Crippen LogP contribution is -2.00. The Hall–Kier alpha value is -0.280. The van der Waals surface area contributed by atoms with E-state index in [1.54, 1.807) is 11.3 Å². The number of halogens is 1. The second kappa shape index (κ2) is 6.26. The number of aromatic nitrogens is 1. The molecule has 0 fully saturated rings. The van der Waals surface area contributed by atoms with Crippen molar-refractivity contribution in [3.05, 3.63) is 11.6 Å². The van der Waals surface area contributed by atoms with Crippen LogP contribution in [0.2, 0.25) is 0 Å². The highest BCUT2D eigenvalue weighted by Crippen LogP contribution is 2.10. The minimum absolute atomic E-state index is 0.775. The van der Waals surface area contributed by atoms with Gasteiger partial charge in [-0.15, -0.1) is 22.9 Å². The summed E-state index contributed by atoms with van der Waals surface area (Å²) in [4.78, 5) is 4.12. The molecule has 1 N–H and O–H groups in total. The van der Waals surface area contributed by atoms with Crippen molar-refractivity contribution in [3.8, 4) is 0 Å². The van der Waals surface area contributed by atoms with Gasteiger partial charge in [-0.25, -0.2) is 4.98 Å². The van der Waals surface area contributed by atoms with Crippen LogP contribution in [0.25, 0.3) is 0 Å². The molecule has 0 bridgehead atoms. The van der Waals surface area contributed by atoms with E-state index in [2.05, 4.69) is 10.3 Å². The summed E-state index contributed by atoms with van der Waals surface area (Å²) >= 11 is 7.19. The summed E-state index contributed by atoms with van der Waals surface area (Å²) < 4.78 is 0. The third kappa shape index (κ3) is 3.93. The molecule has 0 aromatic carbocycles. The number of alkyl halides is 1. The first-order valence-electron chi connectivity index (χ1n) is 4.13. The standard InChI is InChI=1S/C8H13ClN2S/c9-4-2-1-3-5-10-8-11-6-7-12-8/h6-7H,1-5H2,(H,10,11). The topological polar surface area (TPSA) is 24.9 Å². The molecule has 0 aliphatic carbocycles. The monoisotopic (exact) mass is 204 g/mol. The van der Waals surface area contributed by atoms with Crippen LogP contribution in [0.5, 0.6) is 0 Å². The van der Waals surface area contributed by atoms with Crippen molar-refractivity contribution in [1.29, 1.82) is 0 Å². The molecule has 68 valence electrons. The van der Waals surface area contributed by atoms with E-state index < -0.39 is 0 Å². The number of hydrogen-bond acceptors (Lipinski definition) is 3. The van der Waals surface area contributed by atoms with Crippen molar-refractivity contribution in [3.63, 3.8) is 0 Å². The van der Waals surface area contributed by atoms with Crippen LogP contribution in [0.15, 0.2) is 11.6 Å². The Morgan fingerprint density at radius 2 is 2.33 bits per heavy atom. The average molecular weight is 205 g/mol. The fourth-order valence-corrected chi connectivity index (χ4v) is 1.65. The lowest BCUT2D eigenvalue weighted by atomic mass is 10.2. The van der Waals surface area contributed by atoms with Gasteiger partial charge < -0.3 is 5.32 Å². The normalized spacial score (nSPS) is 10.1. The molecule has 4 heteroatoms. The maximum Gasteiger partial charge on any atom is 0.182 e. The summed E-state index contributed by atoms with van der Waals surface area (Å²) in [6.45, 7) is 1.00. The van der Waals surface area contributed by atoms with E-state index in [9.17, 15) is 0 Å². The molecule has 1 aromatic rings. The van der Waals surface area contributed by atoms with Crippen LogP contribution in [0.4, 0.5) is 5.13 Å². The number of rotatable bonds is 6. The molecule has 1 heterocycles. The molecule has 0 radical (unpaired) electrons. The van der Waals surface area contributed by atoms with Crippen LogP contribution in [0.1, 0.15) is 19.3 Å². The van der Waals surface area contributed by atoms with Crippen molar-refractivity contribution in [2.24, 2.45) is 0 Å². The van der Waals surface area contributed by atoms with Gasteiger partial charge in [-0.2, -0.15) is 0 Å². The third-order valence-corrected chi connectivity index (χ3v) is 2.52. The lowest BCUT2D eigenvalue weighted by Gasteiger charge is -2.00. The van der Waals surface area contributed by atoms with Gasteiger partial charge in [0.25, 0.3) is 0 Å². The number of nitrogens with one attached hydrogen (secondary N) is 1. The first kappa shape index (κ1) is 9.81. The summed E-state index contributed by atoms with van der Waals surface area (Å²) in [6, 6.07) is 0. The fourth-order valence-electron chi connectivity index (χ4n) is 0.902. The second-order valence-corrected chi connectivity index (χ2v) is 3.79. The Balaban J connectivity index is 1.96. The Bertz CT molecular complexity index is 189. The molecule has 0 aliphatic rings. The van der Waals surface area contributed by atoms with Crippen LogP contribution in [-0.4, -0.2) is 17.4 Å². The van der Waals surface area contributed by atoms with Gasteiger partial charge in [-0.05, 0) is 12.8 Å². The van der Waals surface area contributed by atoms with Gasteiger partial charge in [-0.3, -0.25) is 0 Å². The number of nitrogens with zero attached hydrogens (tertiary/aromatic N) is 1. The van der Waals surface area contributed by atoms with E-state index in [-0.39, 0.29) is 0 Å². The predicted octanol–water partition coefficient (Wildman–Crippen LogP) is 2.96. The largest absolute Gasteiger partial charge is 0.362 e. The summed E-state index contributed by atoms with van der Waals surface area (Å²) in [5, 5.41) is 6.24. The molecule has 1 rings (SSSR count). The Morgan fingerprint density at radius 1 is 1.42 bits per heavy atom. The van der Waals surface area contributed by atoms with Crippen LogP contribution >= 0.6 is 22.9 Å². The Labute approximate surface area is 82.0 Å². The summed E-state index contributed by atoms with van der Waals surface area (Å²) in [5.74, 6) is 0.775. The van der Waals surface area contributed by atoms with Gasteiger partial charge in [0.05, 0.1) is 0 Å². The van der Waals surface area contributed by atoms with E-state index in [1.165, 1.54) is 12.8 Å². The molecule has 2 nitrogen and oxygen atoms in total. The van der Waals surface area contributed by atoms with Gasteiger partial charge in [0.15, 0.2) is 5.13 Å². The van der Waals surface area contributed by atoms with Crippen LogP contribution < -0.4 is 5.32 Å². The van der Waals surface area contributed by atoms with Gasteiger partial charge in [0.2, 0.25) is 0 Å². The van der Waals surface area contributed by atoms with Crippen molar-refractivity contribution >= 4 is 28.1 Å². The van der Waals surface area contributed by atoms with Gasteiger partial charge in [-0.1, -0.05) is 6.42 Å². The van der Waals surface area contributed by atoms with Crippen LogP contribution in [0, 0.1) is 0 Å². The second-order valence-electron chi connectivity index (χ2n) is 2.51. The summed E-state index contributed by atoms with van der Waals surface area (Å²) in [7, 11) is 0. The van der Waals surface area contributed by atoms with Crippen LogP contribution in [0.3, 0.4) is 0 Å². The highest BCUT2D eigenvalue weighted by atomic mass is 35.5. The Kier molecular flexibility index (Phi) is 5.11. The summed E-state index contributed by atoms with van der Waals surface area (Å²) in [5.41, 5.74) is 0. The van der Waals surface area contributed by atoms with Crippen molar-refractivity contribution in [2.45, 2.75) is 19.3 Å². The molecule has 1 aromatic heterocycles. The van der Waals surface area contributed by atoms with E-state index >= 15 is 0 Å². The van der Waals surface area contributed by atoms with E-state index in [4.69, 9.17) is 11.6 Å². The maximum atomic E-state index is 5.55. The van der Waals surface area contributed by atoms with Crippen molar-refractivity contribution < 1.29 is 0 Å². The number of hydrogen-bond donors (Lipinski definition) is 1. The third-order valence-electron chi connectivity index (χ3n) is 1.52. The first-order valence-corrected chi connectivity index (χ1v) is 5.54. The molecule has 0 saturated carbocycles. The van der Waals surface area contributed by atoms with Gasteiger partial charge in [0.1, 0.15) is 0 Å². The summed E-state index contributed by atoms with van der Waals surface area (Å²) in [6.07, 6.45) is 5.29. The SMILES string of the molecule is ClCCCCCNc1nccs1. The van der Waals surface area contributed by atoms with E-state index in [1.807, 2.05) is 11.6 Å². The number of unbranched alkanes of at least 4 members (excludes halogenated alkanes) is 2. The lowest BCUT2D eigenvalue weighted by molar-refractivity contribution is 0.747. The van der Waals surface area contributed by atoms with E-state index in [0.29, 0.717) is 0 Å². The molecule has 0 atom stereocenters. The number of anilines is 1. The van der Waals surface area contributed by atoms with Gasteiger partial charge in [0, 0.05) is 24.0 Å². The highest BCUT2D eigenvalue weighted by Gasteiger charge is 1.92. The maximum absolute atomic E-state index is 5.55. The zero-order chi connectivity index (χ0) is 8.65. The fraction of sp³-hybridized carbons (Fsp3) is 0.625. The molecule has 0 saturated heterocycles. The average Bonchev–Trinajstić information content (AvgIpc) is 2.57. The van der Waals surface area contributed by atoms with Crippen molar-refractivity contribution in [2.75, 3.05) is 17.7 Å². The predicted molar refractivity (Wildman–Crippen MR) is 55.2 cm³/mol. The first-order chi connectivity index (χ1) is 5.93. The molecule has 12 heavy (non-hydrogen) atoms. The molecule has 0 amide bonds. The zero-order valence-corrected chi connectivity index (χ0v) is 8.50. The van der Waals surface area contributed by atoms with Crippen molar-refractivity contribution in [1.82, 2.24) is 4.98 Å². The molecular weight excluding hydrogens is 192 g/mol.